The van der Waals surface area contributed by atoms with Crippen molar-refractivity contribution >= 4 is 11.9 Å². The van der Waals surface area contributed by atoms with Gasteiger partial charge in [0.15, 0.2) is 0 Å². The first kappa shape index (κ1) is 21.7. The van der Waals surface area contributed by atoms with E-state index < -0.39 is 12.1 Å². The minimum Gasteiger partial charge on any atom is -0.547 e. The number of carbonyl (C=O) groups excluding carboxylic acids is 2. The molecule has 1 unspecified atom stereocenters. The van der Waals surface area contributed by atoms with Crippen molar-refractivity contribution in [2.75, 3.05) is 13.2 Å². The summed E-state index contributed by atoms with van der Waals surface area (Å²) < 4.78 is 5.52. The van der Waals surface area contributed by atoms with E-state index in [0.717, 1.165) is 12.8 Å². The molecule has 6 nitrogen and oxygen atoms in total. The number of aliphatic carboxylic acids is 1. The molecule has 0 aliphatic rings. The molecule has 1 amide bonds. The molecule has 0 heterocycles. The number of aliphatic hydroxyl groups is 1. The molecule has 1 rings (SSSR count). The normalized spacial score (nSPS) is 11.0. The molecule has 0 radical (unpaired) electrons. The smallest absolute Gasteiger partial charge is 0.547 e. The number of rotatable bonds is 10. The fourth-order valence-electron chi connectivity index (χ4n) is 1.73. The van der Waals surface area contributed by atoms with Crippen LogP contribution < -0.4 is 44.7 Å². The number of nitrogens with one attached hydrogen (secondary N) is 1. The second-order valence-electron chi connectivity index (χ2n) is 4.73. The molecule has 1 aromatic carbocycles. The average Bonchev–Trinajstić information content (AvgIpc) is 2.51. The largest absolute Gasteiger partial charge is 1.00 e. The van der Waals surface area contributed by atoms with E-state index in [2.05, 4.69) is 11.9 Å². The third kappa shape index (κ3) is 9.40. The van der Waals surface area contributed by atoms with Crippen molar-refractivity contribution in [2.24, 2.45) is 0 Å². The van der Waals surface area contributed by atoms with Crippen molar-refractivity contribution in [1.82, 2.24) is 5.32 Å². The number of hydrogen-bond acceptors (Lipinski definition) is 5. The minimum absolute atomic E-state index is 0. The van der Waals surface area contributed by atoms with Crippen LogP contribution in [0.25, 0.3) is 0 Å². The number of aliphatic hydroxyl groups excluding tert-OH is 1. The Morgan fingerprint density at radius 2 is 1.96 bits per heavy atom. The first-order valence-corrected chi connectivity index (χ1v) is 7.04. The number of benzene rings is 1. The third-order valence-corrected chi connectivity index (χ3v) is 2.95. The Labute approximate surface area is 157 Å². The monoisotopic (exact) mass is 329 g/mol. The van der Waals surface area contributed by atoms with Crippen LogP contribution in [0.2, 0.25) is 0 Å². The zero-order chi connectivity index (χ0) is 16.4. The molecule has 2 N–H and O–H groups in total. The fraction of sp³-hybridized carbons (Fsp3) is 0.375. The van der Waals surface area contributed by atoms with Crippen LogP contribution in [0.15, 0.2) is 36.9 Å². The predicted octanol–water partition coefficient (Wildman–Crippen LogP) is -3.19. The van der Waals surface area contributed by atoms with Gasteiger partial charge in [-0.1, -0.05) is 18.7 Å². The zero-order valence-corrected chi connectivity index (χ0v) is 15.3. The van der Waals surface area contributed by atoms with Crippen molar-refractivity contribution in [3.8, 4) is 5.75 Å². The number of carboxylic acids is 1. The molecular formula is C16H20NNaO5. The average molecular weight is 329 g/mol. The van der Waals surface area contributed by atoms with E-state index in [1.54, 1.807) is 24.3 Å². The van der Waals surface area contributed by atoms with Gasteiger partial charge < -0.3 is 25.1 Å². The maximum absolute atomic E-state index is 10.9. The van der Waals surface area contributed by atoms with Crippen molar-refractivity contribution in [2.45, 2.75) is 25.4 Å². The Balaban J connectivity index is 0.00000484. The Bertz CT molecular complexity index is 504. The number of ether oxygens (including phenoxy) is 1. The third-order valence-electron chi connectivity index (χ3n) is 2.95. The molecule has 0 aliphatic heterocycles. The predicted molar refractivity (Wildman–Crippen MR) is 79.1 cm³/mol. The molecule has 23 heavy (non-hydrogen) atoms. The van der Waals surface area contributed by atoms with Gasteiger partial charge in [-0.25, -0.2) is 0 Å². The minimum atomic E-state index is -1.50. The van der Waals surface area contributed by atoms with Crippen LogP contribution in [0.5, 0.6) is 5.75 Å². The van der Waals surface area contributed by atoms with Gasteiger partial charge in [0.05, 0.1) is 18.7 Å². The topological polar surface area (TPSA) is 98.7 Å². The Kier molecular flexibility index (Phi) is 11.4. The summed E-state index contributed by atoms with van der Waals surface area (Å²) in [5, 5.41) is 22.3. The van der Waals surface area contributed by atoms with Crippen LogP contribution in [0, 0.1) is 0 Å². The Morgan fingerprint density at radius 3 is 2.52 bits per heavy atom. The van der Waals surface area contributed by atoms with Crippen molar-refractivity contribution in [3.63, 3.8) is 0 Å². The van der Waals surface area contributed by atoms with Gasteiger partial charge in [0.2, 0.25) is 5.91 Å². The molecule has 0 fully saturated rings. The summed E-state index contributed by atoms with van der Waals surface area (Å²) in [6, 6.07) is 6.84. The second-order valence-corrected chi connectivity index (χ2v) is 4.73. The zero-order valence-electron chi connectivity index (χ0n) is 13.3. The van der Waals surface area contributed by atoms with Crippen molar-refractivity contribution < 1.29 is 54.1 Å². The molecule has 0 aromatic heterocycles. The van der Waals surface area contributed by atoms with Crippen LogP contribution >= 0.6 is 0 Å². The van der Waals surface area contributed by atoms with Crippen molar-refractivity contribution in [1.29, 1.82) is 0 Å². The number of hydrogen-bond donors (Lipinski definition) is 2. The maximum Gasteiger partial charge on any atom is 1.00 e. The molecule has 7 heteroatoms. The molecule has 0 spiro atoms. The van der Waals surface area contributed by atoms with Crippen LogP contribution in [-0.2, 0) is 16.0 Å². The van der Waals surface area contributed by atoms with Crippen LogP contribution in [0.4, 0.5) is 0 Å². The first-order valence-electron chi connectivity index (χ1n) is 7.04. The molecule has 120 valence electrons. The van der Waals surface area contributed by atoms with Crippen LogP contribution in [-0.4, -0.2) is 36.2 Å². The fourth-order valence-corrected chi connectivity index (χ4v) is 1.73. The van der Waals surface area contributed by atoms with Gasteiger partial charge in [0.1, 0.15) is 5.75 Å². The molecule has 0 bridgehead atoms. The summed E-state index contributed by atoms with van der Waals surface area (Å²) in [7, 11) is 0. The molecule has 0 aliphatic carbocycles. The first-order chi connectivity index (χ1) is 10.5. The second kappa shape index (κ2) is 12.1. The van der Waals surface area contributed by atoms with Crippen LogP contribution in [0.3, 0.4) is 0 Å². The van der Waals surface area contributed by atoms with Gasteiger partial charge in [-0.15, -0.1) is 0 Å². The van der Waals surface area contributed by atoms with Gasteiger partial charge in [0, 0.05) is 13.0 Å². The van der Waals surface area contributed by atoms with E-state index in [1.807, 2.05) is 0 Å². The molecule has 1 atom stereocenters. The van der Waals surface area contributed by atoms with Gasteiger partial charge in [-0.2, -0.15) is 0 Å². The molecule has 1 aromatic rings. The summed E-state index contributed by atoms with van der Waals surface area (Å²) in [6.07, 6.45) is 1.33. The van der Waals surface area contributed by atoms with Crippen LogP contribution in [0.1, 0.15) is 18.4 Å². The van der Waals surface area contributed by atoms with E-state index >= 15 is 0 Å². The summed E-state index contributed by atoms with van der Waals surface area (Å²) in [5.41, 5.74) is 0.691. The summed E-state index contributed by atoms with van der Waals surface area (Å²) >= 11 is 0. The Morgan fingerprint density at radius 1 is 1.30 bits per heavy atom. The maximum atomic E-state index is 10.9. The van der Waals surface area contributed by atoms with Gasteiger partial charge in [-0.3, -0.25) is 4.79 Å². The quantitative estimate of drug-likeness (QED) is 0.268. The summed E-state index contributed by atoms with van der Waals surface area (Å²) in [4.78, 5) is 21.3. The Hall–Kier alpha value is -1.34. The van der Waals surface area contributed by atoms with Crippen molar-refractivity contribution in [3.05, 3.63) is 42.5 Å². The summed E-state index contributed by atoms with van der Waals surface area (Å²) in [6.45, 7) is 4.46. The standard InChI is InChI=1S/C16H21NO5.Na/c1-2-15(19)17-9-3-4-10-22-13-7-5-12(6-8-13)11-14(18)16(20)21;/h2,5-8,14,18H,1,3-4,9-11H2,(H,17,19)(H,20,21);/q;+1/p-1. The molecular weight excluding hydrogens is 309 g/mol. The van der Waals surface area contributed by atoms with E-state index in [0.29, 0.717) is 24.5 Å². The number of amides is 1. The number of carboxylic acid groups (broad SMARTS) is 1. The number of carbonyl (C=O) groups is 2. The van der Waals surface area contributed by atoms with Gasteiger partial charge in [0.25, 0.3) is 0 Å². The molecule has 0 saturated heterocycles. The number of unbranched alkanes of at least 4 members (excludes halogenated alkanes) is 1. The van der Waals surface area contributed by atoms with E-state index in [-0.39, 0.29) is 41.9 Å². The van der Waals surface area contributed by atoms with E-state index in [4.69, 9.17) is 4.74 Å². The van der Waals surface area contributed by atoms with E-state index in [9.17, 15) is 19.8 Å². The van der Waals surface area contributed by atoms with Gasteiger partial charge >= 0.3 is 29.6 Å². The van der Waals surface area contributed by atoms with Gasteiger partial charge in [-0.05, 0) is 36.6 Å². The molecule has 0 saturated carbocycles. The SMILES string of the molecule is C=CC(=O)NCCCCOc1ccc(CC(O)C(=O)[O-])cc1.[Na+]. The van der Waals surface area contributed by atoms with E-state index in [1.165, 1.54) is 6.08 Å². The summed E-state index contributed by atoms with van der Waals surface area (Å²) in [5.74, 6) is -0.999.